The molecule has 90 valence electrons. The Morgan fingerprint density at radius 3 is 2.75 bits per heavy atom. The minimum atomic E-state index is -0.523. The smallest absolute Gasteiger partial charge is 0.339 e. The average molecular weight is 266 g/mol. The molecule has 1 rings (SSSR count). The number of esters is 1. The second-order valence-electron chi connectivity index (χ2n) is 3.02. The largest absolute Gasteiger partial charge is 0.465 e. The lowest BCUT2D eigenvalue weighted by molar-refractivity contribution is 0.0600. The number of rotatable bonds is 3. The zero-order chi connectivity index (χ0) is 11.4. The number of methoxy groups -OCH3 is 1. The molecule has 0 aromatic heterocycles. The molecule has 0 bridgehead atoms. The van der Waals surface area contributed by atoms with Gasteiger partial charge in [-0.15, -0.1) is 12.4 Å². The molecule has 0 heterocycles. The molecular formula is C10H13Cl2NO3. The van der Waals surface area contributed by atoms with Gasteiger partial charge in [-0.3, -0.25) is 0 Å². The third-order valence-corrected chi connectivity index (χ3v) is 2.35. The van der Waals surface area contributed by atoms with Crippen molar-refractivity contribution in [3.63, 3.8) is 0 Å². The van der Waals surface area contributed by atoms with Gasteiger partial charge in [-0.25, -0.2) is 4.79 Å². The molecule has 6 heteroatoms. The highest BCUT2D eigenvalue weighted by Crippen LogP contribution is 2.21. The molecule has 1 aromatic carbocycles. The Bertz CT molecular complexity index is 371. The van der Waals surface area contributed by atoms with Crippen molar-refractivity contribution in [1.82, 2.24) is 0 Å². The van der Waals surface area contributed by atoms with E-state index in [2.05, 4.69) is 4.74 Å². The van der Waals surface area contributed by atoms with E-state index < -0.39 is 12.0 Å². The van der Waals surface area contributed by atoms with E-state index in [0.29, 0.717) is 10.6 Å². The lowest BCUT2D eigenvalue weighted by Crippen LogP contribution is -2.15. The van der Waals surface area contributed by atoms with E-state index in [0.717, 1.165) is 0 Å². The van der Waals surface area contributed by atoms with Crippen LogP contribution in [0.5, 0.6) is 0 Å². The molecule has 0 aliphatic rings. The highest BCUT2D eigenvalue weighted by atomic mass is 35.5. The Morgan fingerprint density at radius 1 is 1.62 bits per heavy atom. The van der Waals surface area contributed by atoms with Gasteiger partial charge in [0, 0.05) is 0 Å². The molecule has 16 heavy (non-hydrogen) atoms. The molecule has 0 saturated heterocycles. The van der Waals surface area contributed by atoms with E-state index in [1.165, 1.54) is 13.2 Å². The number of carbonyl (C=O) groups is 1. The SMILES string of the molecule is COC(=O)c1cc([C@H](N)CO)ccc1Cl.Cl. The molecule has 0 aliphatic carbocycles. The van der Waals surface area contributed by atoms with Crippen molar-refractivity contribution in [2.75, 3.05) is 13.7 Å². The second-order valence-corrected chi connectivity index (χ2v) is 3.43. The van der Waals surface area contributed by atoms with Crippen LogP contribution in [0.3, 0.4) is 0 Å². The Morgan fingerprint density at radius 2 is 2.25 bits per heavy atom. The summed E-state index contributed by atoms with van der Waals surface area (Å²) in [6.45, 7) is -0.192. The van der Waals surface area contributed by atoms with E-state index in [-0.39, 0.29) is 24.6 Å². The molecule has 1 aromatic rings. The number of ether oxygens (including phenoxy) is 1. The van der Waals surface area contributed by atoms with E-state index in [1.54, 1.807) is 12.1 Å². The van der Waals surface area contributed by atoms with Gasteiger partial charge in [0.05, 0.1) is 30.3 Å². The molecule has 0 aliphatic heterocycles. The van der Waals surface area contributed by atoms with Crippen molar-refractivity contribution >= 4 is 30.0 Å². The molecule has 0 fully saturated rings. The van der Waals surface area contributed by atoms with Gasteiger partial charge in [0.15, 0.2) is 0 Å². The zero-order valence-corrected chi connectivity index (χ0v) is 10.2. The summed E-state index contributed by atoms with van der Waals surface area (Å²) in [5.41, 5.74) is 6.50. The van der Waals surface area contributed by atoms with Crippen molar-refractivity contribution in [1.29, 1.82) is 0 Å². The van der Waals surface area contributed by atoms with Gasteiger partial charge in [0.1, 0.15) is 0 Å². The van der Waals surface area contributed by atoms with Crippen molar-refractivity contribution in [3.8, 4) is 0 Å². The first kappa shape index (κ1) is 15.2. The Kier molecular flexibility index (Phi) is 6.36. The maximum Gasteiger partial charge on any atom is 0.339 e. The lowest BCUT2D eigenvalue weighted by atomic mass is 10.1. The normalized spacial score (nSPS) is 11.5. The molecule has 4 nitrogen and oxygen atoms in total. The van der Waals surface area contributed by atoms with Gasteiger partial charge >= 0.3 is 5.97 Å². The molecule has 3 N–H and O–H groups in total. The van der Waals surface area contributed by atoms with E-state index in [1.807, 2.05) is 0 Å². The van der Waals surface area contributed by atoms with Crippen LogP contribution >= 0.6 is 24.0 Å². The topological polar surface area (TPSA) is 72.5 Å². The number of carbonyl (C=O) groups excluding carboxylic acids is 1. The summed E-state index contributed by atoms with van der Waals surface area (Å²) in [5.74, 6) is -0.521. The first-order chi connectivity index (χ1) is 7.10. The van der Waals surface area contributed by atoms with Gasteiger partial charge in [0.2, 0.25) is 0 Å². The zero-order valence-electron chi connectivity index (χ0n) is 8.64. The third-order valence-electron chi connectivity index (χ3n) is 2.02. The summed E-state index contributed by atoms with van der Waals surface area (Å²) in [6, 6.07) is 4.22. The van der Waals surface area contributed by atoms with Crippen molar-refractivity contribution in [2.45, 2.75) is 6.04 Å². The lowest BCUT2D eigenvalue weighted by Gasteiger charge is -2.10. The first-order valence-corrected chi connectivity index (χ1v) is 4.72. The summed E-state index contributed by atoms with van der Waals surface area (Å²) in [6.07, 6.45) is 0. The number of nitrogens with two attached hydrogens (primary N) is 1. The van der Waals surface area contributed by atoms with Gasteiger partial charge in [-0.2, -0.15) is 0 Å². The van der Waals surface area contributed by atoms with Crippen LogP contribution < -0.4 is 5.73 Å². The summed E-state index contributed by atoms with van der Waals surface area (Å²) >= 11 is 5.81. The highest BCUT2D eigenvalue weighted by molar-refractivity contribution is 6.33. The van der Waals surface area contributed by atoms with Crippen LogP contribution in [0.2, 0.25) is 5.02 Å². The maximum atomic E-state index is 11.3. The quantitative estimate of drug-likeness (QED) is 0.814. The number of aliphatic hydroxyl groups excluding tert-OH is 1. The average Bonchev–Trinajstić information content (AvgIpc) is 2.27. The van der Waals surface area contributed by atoms with Crippen LogP contribution in [0, 0.1) is 0 Å². The maximum absolute atomic E-state index is 11.3. The Balaban J connectivity index is 0.00000225. The summed E-state index contributed by atoms with van der Waals surface area (Å²) in [4.78, 5) is 11.3. The predicted molar refractivity (Wildman–Crippen MR) is 64.1 cm³/mol. The number of hydrogen-bond acceptors (Lipinski definition) is 4. The van der Waals surface area contributed by atoms with Crippen LogP contribution in [0.1, 0.15) is 22.0 Å². The molecule has 0 spiro atoms. The van der Waals surface area contributed by atoms with Gasteiger partial charge < -0.3 is 15.6 Å². The molecular weight excluding hydrogens is 253 g/mol. The van der Waals surface area contributed by atoms with Crippen LogP contribution in [-0.2, 0) is 4.74 Å². The van der Waals surface area contributed by atoms with Crippen LogP contribution in [0.25, 0.3) is 0 Å². The number of aliphatic hydroxyl groups is 1. The minimum Gasteiger partial charge on any atom is -0.465 e. The first-order valence-electron chi connectivity index (χ1n) is 4.34. The minimum absolute atomic E-state index is 0. The fourth-order valence-corrected chi connectivity index (χ4v) is 1.34. The van der Waals surface area contributed by atoms with E-state index in [4.69, 9.17) is 22.4 Å². The second kappa shape index (κ2) is 6.70. The van der Waals surface area contributed by atoms with Gasteiger partial charge in [-0.05, 0) is 17.7 Å². The van der Waals surface area contributed by atoms with Gasteiger partial charge in [0.25, 0.3) is 0 Å². The molecule has 0 saturated carbocycles. The highest BCUT2D eigenvalue weighted by Gasteiger charge is 2.13. The fourth-order valence-electron chi connectivity index (χ4n) is 1.15. The van der Waals surface area contributed by atoms with E-state index in [9.17, 15) is 4.79 Å². The van der Waals surface area contributed by atoms with Crippen molar-refractivity contribution in [3.05, 3.63) is 34.3 Å². The van der Waals surface area contributed by atoms with E-state index >= 15 is 0 Å². The summed E-state index contributed by atoms with van der Waals surface area (Å²) < 4.78 is 4.56. The van der Waals surface area contributed by atoms with Crippen LogP contribution in [0.15, 0.2) is 18.2 Å². The van der Waals surface area contributed by atoms with Crippen LogP contribution in [0.4, 0.5) is 0 Å². The van der Waals surface area contributed by atoms with Crippen LogP contribution in [-0.4, -0.2) is 24.8 Å². The van der Waals surface area contributed by atoms with Crippen molar-refractivity contribution in [2.24, 2.45) is 5.73 Å². The molecule has 0 radical (unpaired) electrons. The Hall–Kier alpha value is -0.810. The predicted octanol–water partition coefficient (Wildman–Crippen LogP) is 1.54. The molecule has 0 unspecified atom stereocenters. The number of halogens is 2. The summed E-state index contributed by atoms with van der Waals surface area (Å²) in [7, 11) is 1.28. The summed E-state index contributed by atoms with van der Waals surface area (Å²) in [5, 5.41) is 9.17. The molecule has 0 amide bonds. The third kappa shape index (κ3) is 3.35. The van der Waals surface area contributed by atoms with Gasteiger partial charge in [-0.1, -0.05) is 17.7 Å². The number of hydrogen-bond donors (Lipinski definition) is 2. The fraction of sp³-hybridized carbons (Fsp3) is 0.300. The molecule has 1 atom stereocenters. The number of benzene rings is 1. The van der Waals surface area contributed by atoms with Crippen molar-refractivity contribution < 1.29 is 14.6 Å². The Labute approximate surface area is 105 Å². The monoisotopic (exact) mass is 265 g/mol. The standard InChI is InChI=1S/C10H12ClNO3.ClH/c1-15-10(14)7-4-6(9(12)5-13)2-3-8(7)11;/h2-4,9,13H,5,12H2,1H3;1H/t9-;/m1./s1.